The normalized spacial score (nSPS) is 11.1. The van der Waals surface area contributed by atoms with Crippen molar-refractivity contribution in [2.45, 2.75) is 6.92 Å². The van der Waals surface area contributed by atoms with Crippen LogP contribution < -0.4 is 11.1 Å². The van der Waals surface area contributed by atoms with E-state index >= 15 is 0 Å². The van der Waals surface area contributed by atoms with Gasteiger partial charge in [0.15, 0.2) is 0 Å². The molecular formula is C14H14N2S. The first-order valence-electron chi connectivity index (χ1n) is 5.73. The van der Waals surface area contributed by atoms with Gasteiger partial charge < -0.3 is 11.1 Å². The van der Waals surface area contributed by atoms with Gasteiger partial charge in [0.05, 0.1) is 0 Å². The van der Waals surface area contributed by atoms with E-state index < -0.39 is 0 Å². The van der Waals surface area contributed by atoms with Crippen LogP contribution in [0.25, 0.3) is 20.2 Å². The largest absolute Gasteiger partial charge is 0.399 e. The Bertz CT molecular complexity index is 685. The van der Waals surface area contributed by atoms with Crippen LogP contribution in [0.2, 0.25) is 0 Å². The quantitative estimate of drug-likeness (QED) is 0.665. The molecule has 0 radical (unpaired) electrons. The average molecular weight is 242 g/mol. The summed E-state index contributed by atoms with van der Waals surface area (Å²) in [5, 5.41) is 5.94. The Labute approximate surface area is 104 Å². The zero-order valence-corrected chi connectivity index (χ0v) is 10.5. The van der Waals surface area contributed by atoms with Gasteiger partial charge in [0.25, 0.3) is 0 Å². The maximum absolute atomic E-state index is 5.82. The molecule has 0 aliphatic carbocycles. The Morgan fingerprint density at radius 2 is 1.76 bits per heavy atom. The van der Waals surface area contributed by atoms with Crippen molar-refractivity contribution in [3.05, 3.63) is 36.4 Å². The number of nitrogen functional groups attached to an aromatic ring is 1. The number of rotatable bonds is 2. The molecule has 3 rings (SSSR count). The third-order valence-electron chi connectivity index (χ3n) is 2.88. The van der Waals surface area contributed by atoms with Gasteiger partial charge in [-0.2, -0.15) is 0 Å². The van der Waals surface area contributed by atoms with Gasteiger partial charge in [0.2, 0.25) is 0 Å². The third kappa shape index (κ3) is 1.72. The molecule has 17 heavy (non-hydrogen) atoms. The number of benzene rings is 2. The Kier molecular flexibility index (Phi) is 2.41. The highest BCUT2D eigenvalue weighted by Gasteiger charge is 2.05. The lowest BCUT2D eigenvalue weighted by Gasteiger charge is -2.02. The highest BCUT2D eigenvalue weighted by atomic mass is 32.1. The second kappa shape index (κ2) is 3.93. The lowest BCUT2D eigenvalue weighted by molar-refractivity contribution is 1.22. The van der Waals surface area contributed by atoms with E-state index in [-0.39, 0.29) is 0 Å². The van der Waals surface area contributed by atoms with Crippen molar-refractivity contribution in [3.63, 3.8) is 0 Å². The number of hydrogen-bond acceptors (Lipinski definition) is 3. The minimum absolute atomic E-state index is 0.830. The predicted molar refractivity (Wildman–Crippen MR) is 77.9 cm³/mol. The molecule has 1 heterocycles. The lowest BCUT2D eigenvalue weighted by Crippen LogP contribution is -1.94. The molecule has 0 unspecified atom stereocenters. The van der Waals surface area contributed by atoms with E-state index in [0.717, 1.165) is 12.2 Å². The van der Waals surface area contributed by atoms with Gasteiger partial charge in [-0.05, 0) is 31.2 Å². The van der Waals surface area contributed by atoms with Crippen LogP contribution >= 0.6 is 11.3 Å². The van der Waals surface area contributed by atoms with Gasteiger partial charge in [-0.3, -0.25) is 0 Å². The summed E-state index contributed by atoms with van der Waals surface area (Å²) in [6, 6.07) is 12.6. The maximum atomic E-state index is 5.82. The number of anilines is 2. The Hall–Kier alpha value is -1.74. The summed E-state index contributed by atoms with van der Waals surface area (Å²) in [5.74, 6) is 0. The molecule has 0 saturated carbocycles. The molecule has 3 aromatic rings. The second-order valence-electron chi connectivity index (χ2n) is 4.10. The fourth-order valence-corrected chi connectivity index (χ4v) is 3.30. The minimum Gasteiger partial charge on any atom is -0.399 e. The SMILES string of the molecule is CCNc1ccc2c(c1)sc1cc(N)ccc12. The monoisotopic (exact) mass is 242 g/mol. The molecule has 3 heteroatoms. The fraction of sp³-hybridized carbons (Fsp3) is 0.143. The Balaban J connectivity index is 2.27. The van der Waals surface area contributed by atoms with Gasteiger partial charge in [-0.15, -0.1) is 11.3 Å². The molecule has 2 nitrogen and oxygen atoms in total. The molecule has 2 aromatic carbocycles. The molecule has 1 aromatic heterocycles. The summed E-state index contributed by atoms with van der Waals surface area (Å²) in [4.78, 5) is 0. The van der Waals surface area contributed by atoms with Crippen molar-refractivity contribution in [3.8, 4) is 0 Å². The molecular weight excluding hydrogens is 228 g/mol. The van der Waals surface area contributed by atoms with E-state index in [1.54, 1.807) is 11.3 Å². The summed E-state index contributed by atoms with van der Waals surface area (Å²) in [6.07, 6.45) is 0. The van der Waals surface area contributed by atoms with Crippen molar-refractivity contribution in [2.24, 2.45) is 0 Å². The van der Waals surface area contributed by atoms with E-state index in [0.29, 0.717) is 0 Å². The van der Waals surface area contributed by atoms with Crippen molar-refractivity contribution in [1.82, 2.24) is 0 Å². The summed E-state index contributed by atoms with van der Waals surface area (Å²) in [5.41, 5.74) is 7.83. The van der Waals surface area contributed by atoms with Crippen LogP contribution in [-0.4, -0.2) is 6.54 Å². The molecule has 0 aliphatic heterocycles. The minimum atomic E-state index is 0.830. The van der Waals surface area contributed by atoms with Gasteiger partial charge in [0, 0.05) is 38.1 Å². The van der Waals surface area contributed by atoms with Crippen LogP contribution in [0.4, 0.5) is 11.4 Å². The van der Waals surface area contributed by atoms with E-state index in [4.69, 9.17) is 5.73 Å². The molecule has 86 valence electrons. The highest BCUT2D eigenvalue weighted by molar-refractivity contribution is 7.25. The Morgan fingerprint density at radius 1 is 1.06 bits per heavy atom. The number of thiophene rings is 1. The number of nitrogens with one attached hydrogen (secondary N) is 1. The molecule has 0 spiro atoms. The zero-order valence-electron chi connectivity index (χ0n) is 9.66. The molecule has 0 bridgehead atoms. The van der Waals surface area contributed by atoms with Crippen LogP contribution in [0.1, 0.15) is 6.92 Å². The van der Waals surface area contributed by atoms with Crippen LogP contribution in [-0.2, 0) is 0 Å². The number of hydrogen-bond donors (Lipinski definition) is 2. The van der Waals surface area contributed by atoms with E-state index in [1.807, 2.05) is 12.1 Å². The maximum Gasteiger partial charge on any atom is 0.0375 e. The molecule has 0 atom stereocenters. The van der Waals surface area contributed by atoms with Crippen molar-refractivity contribution >= 4 is 42.9 Å². The Morgan fingerprint density at radius 3 is 2.53 bits per heavy atom. The standard InChI is InChI=1S/C14H14N2S/c1-2-16-10-4-6-12-11-5-3-9(15)7-13(11)17-14(12)8-10/h3-8,16H,2,15H2,1H3. The van der Waals surface area contributed by atoms with E-state index in [2.05, 4.69) is 36.5 Å². The summed E-state index contributed by atoms with van der Waals surface area (Å²) in [6.45, 7) is 3.05. The molecule has 3 N–H and O–H groups in total. The lowest BCUT2D eigenvalue weighted by atomic mass is 10.1. The smallest absolute Gasteiger partial charge is 0.0375 e. The average Bonchev–Trinajstić information content (AvgIpc) is 2.65. The summed E-state index contributed by atoms with van der Waals surface area (Å²) < 4.78 is 2.57. The van der Waals surface area contributed by atoms with Crippen molar-refractivity contribution in [1.29, 1.82) is 0 Å². The van der Waals surface area contributed by atoms with E-state index in [1.165, 1.54) is 25.9 Å². The van der Waals surface area contributed by atoms with Crippen LogP contribution in [0, 0.1) is 0 Å². The summed E-state index contributed by atoms with van der Waals surface area (Å²) >= 11 is 1.80. The second-order valence-corrected chi connectivity index (χ2v) is 5.18. The predicted octanol–water partition coefficient (Wildman–Crippen LogP) is 4.07. The third-order valence-corrected chi connectivity index (χ3v) is 3.99. The number of nitrogens with two attached hydrogens (primary N) is 1. The first-order valence-corrected chi connectivity index (χ1v) is 6.55. The summed E-state index contributed by atoms with van der Waals surface area (Å²) in [7, 11) is 0. The van der Waals surface area contributed by atoms with Crippen LogP contribution in [0.5, 0.6) is 0 Å². The zero-order chi connectivity index (χ0) is 11.8. The molecule has 0 amide bonds. The first-order chi connectivity index (χ1) is 8.28. The topological polar surface area (TPSA) is 38.0 Å². The van der Waals surface area contributed by atoms with Crippen LogP contribution in [0.3, 0.4) is 0 Å². The highest BCUT2D eigenvalue weighted by Crippen LogP contribution is 2.36. The first kappa shape index (κ1) is 10.4. The van der Waals surface area contributed by atoms with Crippen LogP contribution in [0.15, 0.2) is 36.4 Å². The van der Waals surface area contributed by atoms with Crippen molar-refractivity contribution < 1.29 is 0 Å². The van der Waals surface area contributed by atoms with Gasteiger partial charge in [-0.25, -0.2) is 0 Å². The number of fused-ring (bicyclic) bond motifs is 3. The molecule has 0 fully saturated rings. The van der Waals surface area contributed by atoms with Gasteiger partial charge in [-0.1, -0.05) is 12.1 Å². The van der Waals surface area contributed by atoms with E-state index in [9.17, 15) is 0 Å². The molecule has 0 aliphatic rings. The fourth-order valence-electron chi connectivity index (χ4n) is 2.11. The van der Waals surface area contributed by atoms with Crippen molar-refractivity contribution in [2.75, 3.05) is 17.6 Å². The van der Waals surface area contributed by atoms with Gasteiger partial charge >= 0.3 is 0 Å². The molecule has 0 saturated heterocycles. The van der Waals surface area contributed by atoms with Gasteiger partial charge in [0.1, 0.15) is 0 Å².